The van der Waals surface area contributed by atoms with Gasteiger partial charge in [0.2, 0.25) is 0 Å². The van der Waals surface area contributed by atoms with E-state index in [4.69, 9.17) is 4.74 Å². The standard InChI is InChI=1S/C15H18N2O2/c1-16-8-4-3-5-11-6-7-14-12(9-11)13(10-17-14)15(18)19-2/h3,5-7,9-10,16-17H,4,8H2,1-2H3. The number of aromatic amines is 1. The van der Waals surface area contributed by atoms with Gasteiger partial charge in [-0.1, -0.05) is 18.2 Å². The summed E-state index contributed by atoms with van der Waals surface area (Å²) in [6.45, 7) is 0.955. The summed E-state index contributed by atoms with van der Waals surface area (Å²) in [4.78, 5) is 14.7. The van der Waals surface area contributed by atoms with Crippen molar-refractivity contribution in [1.82, 2.24) is 10.3 Å². The third-order valence-electron chi connectivity index (χ3n) is 2.98. The Balaban J connectivity index is 2.28. The van der Waals surface area contributed by atoms with Crippen molar-refractivity contribution in [1.29, 1.82) is 0 Å². The van der Waals surface area contributed by atoms with Gasteiger partial charge in [0, 0.05) is 17.1 Å². The SMILES string of the molecule is CNCCC=Cc1ccc2[nH]cc(C(=O)OC)c2c1. The fourth-order valence-electron chi connectivity index (χ4n) is 1.97. The van der Waals surface area contributed by atoms with E-state index < -0.39 is 0 Å². The van der Waals surface area contributed by atoms with Crippen LogP contribution in [0.25, 0.3) is 17.0 Å². The monoisotopic (exact) mass is 258 g/mol. The molecule has 0 aliphatic heterocycles. The first-order valence-electron chi connectivity index (χ1n) is 6.27. The van der Waals surface area contributed by atoms with Gasteiger partial charge in [0.1, 0.15) is 0 Å². The number of esters is 1. The molecule has 1 aromatic heterocycles. The Morgan fingerprint density at radius 2 is 2.32 bits per heavy atom. The van der Waals surface area contributed by atoms with Crippen LogP contribution in [-0.4, -0.2) is 31.7 Å². The van der Waals surface area contributed by atoms with Crippen molar-refractivity contribution in [3.8, 4) is 0 Å². The van der Waals surface area contributed by atoms with Crippen molar-refractivity contribution in [2.24, 2.45) is 0 Å². The van der Waals surface area contributed by atoms with E-state index in [1.54, 1.807) is 6.20 Å². The Morgan fingerprint density at radius 1 is 1.47 bits per heavy atom. The summed E-state index contributed by atoms with van der Waals surface area (Å²) in [7, 11) is 3.32. The average Bonchev–Trinajstić information content (AvgIpc) is 2.86. The van der Waals surface area contributed by atoms with Crippen molar-refractivity contribution in [2.75, 3.05) is 20.7 Å². The summed E-state index contributed by atoms with van der Waals surface area (Å²) < 4.78 is 4.77. The van der Waals surface area contributed by atoms with E-state index in [2.05, 4.69) is 22.5 Å². The lowest BCUT2D eigenvalue weighted by molar-refractivity contribution is 0.0603. The van der Waals surface area contributed by atoms with E-state index in [-0.39, 0.29) is 5.97 Å². The molecule has 2 aromatic rings. The van der Waals surface area contributed by atoms with Crippen LogP contribution in [-0.2, 0) is 4.74 Å². The summed E-state index contributed by atoms with van der Waals surface area (Å²) in [6, 6.07) is 5.99. The molecule has 0 radical (unpaired) electrons. The molecule has 1 aromatic carbocycles. The lowest BCUT2D eigenvalue weighted by Gasteiger charge is -1.99. The summed E-state index contributed by atoms with van der Waals surface area (Å²) >= 11 is 0. The van der Waals surface area contributed by atoms with Crippen molar-refractivity contribution in [3.05, 3.63) is 41.6 Å². The van der Waals surface area contributed by atoms with Crippen LogP contribution in [0.3, 0.4) is 0 Å². The van der Waals surface area contributed by atoms with E-state index in [0.29, 0.717) is 5.56 Å². The van der Waals surface area contributed by atoms with Gasteiger partial charge in [-0.15, -0.1) is 0 Å². The minimum Gasteiger partial charge on any atom is -0.465 e. The third kappa shape index (κ3) is 3.03. The van der Waals surface area contributed by atoms with Crippen molar-refractivity contribution >= 4 is 22.9 Å². The molecule has 100 valence electrons. The number of fused-ring (bicyclic) bond motifs is 1. The Bertz CT molecular complexity index is 599. The van der Waals surface area contributed by atoms with Gasteiger partial charge in [-0.2, -0.15) is 0 Å². The number of ether oxygens (including phenoxy) is 1. The second-order valence-electron chi connectivity index (χ2n) is 4.29. The number of nitrogens with one attached hydrogen (secondary N) is 2. The molecule has 0 aliphatic carbocycles. The molecule has 0 amide bonds. The van der Waals surface area contributed by atoms with E-state index in [0.717, 1.165) is 29.4 Å². The minimum atomic E-state index is -0.317. The number of methoxy groups -OCH3 is 1. The number of H-pyrrole nitrogens is 1. The van der Waals surface area contributed by atoms with Gasteiger partial charge in [0.05, 0.1) is 12.7 Å². The molecule has 0 saturated heterocycles. The molecule has 2 N–H and O–H groups in total. The minimum absolute atomic E-state index is 0.317. The predicted molar refractivity (Wildman–Crippen MR) is 77.2 cm³/mol. The molecule has 1 heterocycles. The first kappa shape index (κ1) is 13.4. The normalized spacial score (nSPS) is 11.3. The van der Waals surface area contributed by atoms with Crippen LogP contribution >= 0.6 is 0 Å². The van der Waals surface area contributed by atoms with Crippen LogP contribution in [0.4, 0.5) is 0 Å². The van der Waals surface area contributed by atoms with Crippen molar-refractivity contribution < 1.29 is 9.53 Å². The molecule has 0 atom stereocenters. The molecule has 0 aliphatic rings. The topological polar surface area (TPSA) is 54.1 Å². The van der Waals surface area contributed by atoms with Crippen molar-refractivity contribution in [2.45, 2.75) is 6.42 Å². The quantitative estimate of drug-likeness (QED) is 0.640. The second-order valence-corrected chi connectivity index (χ2v) is 4.29. The van der Waals surface area contributed by atoms with Crippen molar-refractivity contribution in [3.63, 3.8) is 0 Å². The zero-order chi connectivity index (χ0) is 13.7. The van der Waals surface area contributed by atoms with Crippen LogP contribution in [0.2, 0.25) is 0 Å². The number of aromatic nitrogens is 1. The smallest absolute Gasteiger partial charge is 0.340 e. The maximum absolute atomic E-state index is 11.6. The van der Waals surface area contributed by atoms with Gasteiger partial charge >= 0.3 is 5.97 Å². The highest BCUT2D eigenvalue weighted by Gasteiger charge is 2.11. The highest BCUT2D eigenvalue weighted by atomic mass is 16.5. The molecule has 0 fully saturated rings. The Morgan fingerprint density at radius 3 is 3.05 bits per heavy atom. The summed E-state index contributed by atoms with van der Waals surface area (Å²) in [5.74, 6) is -0.317. The van der Waals surface area contributed by atoms with E-state index in [1.807, 2.05) is 25.2 Å². The summed E-state index contributed by atoms with van der Waals surface area (Å²) in [5, 5.41) is 3.98. The number of hydrogen-bond acceptors (Lipinski definition) is 3. The van der Waals surface area contributed by atoms with E-state index in [9.17, 15) is 4.79 Å². The van der Waals surface area contributed by atoms with Crippen LogP contribution < -0.4 is 5.32 Å². The van der Waals surface area contributed by atoms with Crippen LogP contribution in [0.5, 0.6) is 0 Å². The predicted octanol–water partition coefficient (Wildman–Crippen LogP) is 2.58. The molecular weight excluding hydrogens is 240 g/mol. The third-order valence-corrected chi connectivity index (χ3v) is 2.98. The number of hydrogen-bond donors (Lipinski definition) is 2. The Hall–Kier alpha value is -2.07. The van der Waals surface area contributed by atoms with Gasteiger partial charge in [0.15, 0.2) is 0 Å². The maximum atomic E-state index is 11.6. The lowest BCUT2D eigenvalue weighted by atomic mass is 10.1. The molecular formula is C15H18N2O2. The number of benzene rings is 1. The maximum Gasteiger partial charge on any atom is 0.340 e. The fraction of sp³-hybridized carbons (Fsp3) is 0.267. The largest absolute Gasteiger partial charge is 0.465 e. The van der Waals surface area contributed by atoms with Gasteiger partial charge in [-0.3, -0.25) is 0 Å². The lowest BCUT2D eigenvalue weighted by Crippen LogP contribution is -2.05. The van der Waals surface area contributed by atoms with Crippen LogP contribution in [0.1, 0.15) is 22.3 Å². The number of carbonyl (C=O) groups is 1. The second kappa shape index (κ2) is 6.20. The molecule has 0 unspecified atom stereocenters. The van der Waals surface area contributed by atoms with Crippen LogP contribution in [0, 0.1) is 0 Å². The molecule has 4 heteroatoms. The van der Waals surface area contributed by atoms with Gasteiger partial charge in [-0.25, -0.2) is 4.79 Å². The zero-order valence-electron chi connectivity index (χ0n) is 11.2. The van der Waals surface area contributed by atoms with Gasteiger partial charge < -0.3 is 15.0 Å². The molecule has 19 heavy (non-hydrogen) atoms. The summed E-state index contributed by atoms with van der Waals surface area (Å²) in [6.07, 6.45) is 6.84. The average molecular weight is 258 g/mol. The Kier molecular flexibility index (Phi) is 4.36. The Labute approximate surface area is 112 Å². The highest BCUT2D eigenvalue weighted by Crippen LogP contribution is 2.21. The molecule has 0 bridgehead atoms. The molecule has 2 rings (SSSR count). The molecule has 4 nitrogen and oxygen atoms in total. The molecule has 0 spiro atoms. The summed E-state index contributed by atoms with van der Waals surface area (Å²) in [5.41, 5.74) is 2.59. The fourth-order valence-corrected chi connectivity index (χ4v) is 1.97. The first-order valence-corrected chi connectivity index (χ1v) is 6.27. The van der Waals surface area contributed by atoms with E-state index >= 15 is 0 Å². The highest BCUT2D eigenvalue weighted by molar-refractivity contribution is 6.04. The van der Waals surface area contributed by atoms with Crippen LogP contribution in [0.15, 0.2) is 30.5 Å². The van der Waals surface area contributed by atoms with Gasteiger partial charge in [0.25, 0.3) is 0 Å². The first-order chi connectivity index (χ1) is 9.26. The van der Waals surface area contributed by atoms with E-state index in [1.165, 1.54) is 7.11 Å². The number of rotatable bonds is 5. The zero-order valence-corrected chi connectivity index (χ0v) is 11.2. The molecule has 0 saturated carbocycles. The van der Waals surface area contributed by atoms with Gasteiger partial charge in [-0.05, 0) is 37.7 Å². The number of carbonyl (C=O) groups excluding carboxylic acids is 1.